The van der Waals surface area contributed by atoms with Crippen LogP contribution in [0.25, 0.3) is 0 Å². The standard InChI is InChI=1S/C15H14N2O/c1-11-13(3-2-4-15(11)17)10-18-14-7-5-12(9-16)6-8-14/h2-8H,10,17H2,1H3. The van der Waals surface area contributed by atoms with E-state index < -0.39 is 0 Å². The molecule has 3 heteroatoms. The predicted molar refractivity (Wildman–Crippen MR) is 71.1 cm³/mol. The zero-order chi connectivity index (χ0) is 13.0. The number of nitrogens with two attached hydrogens (primary N) is 1. The molecule has 0 aliphatic heterocycles. The number of nitrogen functional groups attached to an aromatic ring is 1. The van der Waals surface area contributed by atoms with Gasteiger partial charge >= 0.3 is 0 Å². The topological polar surface area (TPSA) is 59.0 Å². The van der Waals surface area contributed by atoms with E-state index >= 15 is 0 Å². The Balaban J connectivity index is 2.07. The van der Waals surface area contributed by atoms with Crippen LogP contribution in [0.5, 0.6) is 5.75 Å². The Morgan fingerprint density at radius 3 is 2.56 bits per heavy atom. The molecule has 0 spiro atoms. The van der Waals surface area contributed by atoms with Gasteiger partial charge in [-0.3, -0.25) is 0 Å². The number of hydrogen-bond acceptors (Lipinski definition) is 3. The SMILES string of the molecule is Cc1c(N)cccc1COc1ccc(C#N)cc1. The van der Waals surface area contributed by atoms with Gasteiger partial charge in [-0.25, -0.2) is 0 Å². The molecule has 0 unspecified atom stereocenters. The van der Waals surface area contributed by atoms with Crippen molar-refractivity contribution in [3.05, 3.63) is 59.2 Å². The first-order valence-electron chi connectivity index (χ1n) is 5.67. The maximum atomic E-state index is 8.70. The molecule has 2 aromatic carbocycles. The molecule has 2 aromatic rings. The smallest absolute Gasteiger partial charge is 0.119 e. The summed E-state index contributed by atoms with van der Waals surface area (Å²) in [6.07, 6.45) is 0. The number of rotatable bonds is 3. The zero-order valence-electron chi connectivity index (χ0n) is 10.2. The average Bonchev–Trinajstić information content (AvgIpc) is 2.41. The molecule has 0 aliphatic rings. The van der Waals surface area contributed by atoms with Crippen LogP contribution in [0.15, 0.2) is 42.5 Å². The molecule has 90 valence electrons. The summed E-state index contributed by atoms with van der Waals surface area (Å²) in [7, 11) is 0. The summed E-state index contributed by atoms with van der Waals surface area (Å²) in [5.74, 6) is 0.746. The Labute approximate surface area is 106 Å². The summed E-state index contributed by atoms with van der Waals surface area (Å²) in [5.41, 5.74) is 9.35. The van der Waals surface area contributed by atoms with Gasteiger partial charge in [0.05, 0.1) is 11.6 Å². The van der Waals surface area contributed by atoms with E-state index in [0.717, 1.165) is 22.6 Å². The van der Waals surface area contributed by atoms with Gasteiger partial charge in [-0.2, -0.15) is 5.26 Å². The van der Waals surface area contributed by atoms with Crippen molar-refractivity contribution >= 4 is 5.69 Å². The second-order valence-electron chi connectivity index (χ2n) is 4.06. The van der Waals surface area contributed by atoms with E-state index in [4.69, 9.17) is 15.7 Å². The second kappa shape index (κ2) is 5.24. The fourth-order valence-electron chi connectivity index (χ4n) is 1.65. The fourth-order valence-corrected chi connectivity index (χ4v) is 1.65. The fraction of sp³-hybridized carbons (Fsp3) is 0.133. The lowest BCUT2D eigenvalue weighted by Gasteiger charge is -2.10. The van der Waals surface area contributed by atoms with E-state index in [1.54, 1.807) is 24.3 Å². The molecule has 0 heterocycles. The molecule has 0 aliphatic carbocycles. The van der Waals surface area contributed by atoms with Gasteiger partial charge in [0.1, 0.15) is 12.4 Å². The lowest BCUT2D eigenvalue weighted by molar-refractivity contribution is 0.305. The molecule has 3 nitrogen and oxygen atoms in total. The predicted octanol–water partition coefficient (Wildman–Crippen LogP) is 3.03. The highest BCUT2D eigenvalue weighted by Gasteiger charge is 2.02. The highest BCUT2D eigenvalue weighted by atomic mass is 16.5. The molecule has 2 N–H and O–H groups in total. The van der Waals surface area contributed by atoms with Crippen molar-refractivity contribution < 1.29 is 4.74 Å². The van der Waals surface area contributed by atoms with E-state index in [-0.39, 0.29) is 0 Å². The number of nitrogens with zero attached hydrogens (tertiary/aromatic N) is 1. The molecular weight excluding hydrogens is 224 g/mol. The largest absolute Gasteiger partial charge is 0.489 e. The van der Waals surface area contributed by atoms with Crippen LogP contribution in [0.4, 0.5) is 5.69 Å². The van der Waals surface area contributed by atoms with Crippen molar-refractivity contribution in [1.29, 1.82) is 5.26 Å². The number of nitriles is 1. The number of hydrogen-bond donors (Lipinski definition) is 1. The Morgan fingerprint density at radius 1 is 1.17 bits per heavy atom. The van der Waals surface area contributed by atoms with Crippen LogP contribution in [0.3, 0.4) is 0 Å². The third-order valence-corrected chi connectivity index (χ3v) is 2.87. The average molecular weight is 238 g/mol. The molecule has 0 aromatic heterocycles. The van der Waals surface area contributed by atoms with Gasteiger partial charge < -0.3 is 10.5 Å². The summed E-state index contributed by atoms with van der Waals surface area (Å²) < 4.78 is 5.66. The van der Waals surface area contributed by atoms with Crippen molar-refractivity contribution in [3.8, 4) is 11.8 Å². The monoisotopic (exact) mass is 238 g/mol. The van der Waals surface area contributed by atoms with Crippen molar-refractivity contribution in [1.82, 2.24) is 0 Å². The van der Waals surface area contributed by atoms with E-state index in [1.807, 2.05) is 25.1 Å². The van der Waals surface area contributed by atoms with Crippen molar-refractivity contribution in [3.63, 3.8) is 0 Å². The summed E-state index contributed by atoms with van der Waals surface area (Å²) in [6, 6.07) is 14.9. The second-order valence-corrected chi connectivity index (χ2v) is 4.06. The molecular formula is C15H14N2O. The quantitative estimate of drug-likeness (QED) is 0.836. The van der Waals surface area contributed by atoms with Crippen LogP contribution in [0, 0.1) is 18.3 Å². The highest BCUT2D eigenvalue weighted by molar-refractivity contribution is 5.49. The molecule has 0 bridgehead atoms. The maximum absolute atomic E-state index is 8.70. The van der Waals surface area contributed by atoms with Crippen LogP contribution in [0.1, 0.15) is 16.7 Å². The van der Waals surface area contributed by atoms with Crippen molar-refractivity contribution in [2.45, 2.75) is 13.5 Å². The van der Waals surface area contributed by atoms with Gasteiger partial charge in [0.25, 0.3) is 0 Å². The summed E-state index contributed by atoms with van der Waals surface area (Å²) in [6.45, 7) is 2.45. The zero-order valence-corrected chi connectivity index (χ0v) is 10.2. The summed E-state index contributed by atoms with van der Waals surface area (Å²) >= 11 is 0. The Hall–Kier alpha value is -2.47. The molecule has 0 saturated heterocycles. The van der Waals surface area contributed by atoms with Crippen LogP contribution in [0.2, 0.25) is 0 Å². The third-order valence-electron chi connectivity index (χ3n) is 2.87. The maximum Gasteiger partial charge on any atom is 0.119 e. The first-order valence-corrected chi connectivity index (χ1v) is 5.67. The molecule has 0 fully saturated rings. The Kier molecular flexibility index (Phi) is 3.49. The first-order chi connectivity index (χ1) is 8.70. The third kappa shape index (κ3) is 2.61. The number of benzene rings is 2. The summed E-state index contributed by atoms with van der Waals surface area (Å²) in [4.78, 5) is 0. The van der Waals surface area contributed by atoms with Gasteiger partial charge in [0.2, 0.25) is 0 Å². The van der Waals surface area contributed by atoms with E-state index in [0.29, 0.717) is 12.2 Å². The molecule has 0 saturated carbocycles. The first kappa shape index (κ1) is 12.0. The lowest BCUT2D eigenvalue weighted by Crippen LogP contribution is -2.00. The lowest BCUT2D eigenvalue weighted by atomic mass is 10.1. The van der Waals surface area contributed by atoms with Crippen molar-refractivity contribution in [2.24, 2.45) is 0 Å². The van der Waals surface area contributed by atoms with Gasteiger partial charge in [-0.05, 0) is 48.4 Å². The van der Waals surface area contributed by atoms with Crippen LogP contribution < -0.4 is 10.5 Å². The number of anilines is 1. The molecule has 0 atom stereocenters. The van der Waals surface area contributed by atoms with Crippen LogP contribution in [-0.2, 0) is 6.61 Å². The molecule has 0 radical (unpaired) electrons. The molecule has 2 rings (SSSR count). The Bertz CT molecular complexity index is 582. The number of ether oxygens (including phenoxy) is 1. The van der Waals surface area contributed by atoms with E-state index in [9.17, 15) is 0 Å². The van der Waals surface area contributed by atoms with Crippen LogP contribution >= 0.6 is 0 Å². The highest BCUT2D eigenvalue weighted by Crippen LogP contribution is 2.18. The van der Waals surface area contributed by atoms with Crippen LogP contribution in [-0.4, -0.2) is 0 Å². The van der Waals surface area contributed by atoms with Gasteiger partial charge in [0.15, 0.2) is 0 Å². The van der Waals surface area contributed by atoms with Gasteiger partial charge in [-0.1, -0.05) is 12.1 Å². The Morgan fingerprint density at radius 2 is 1.89 bits per heavy atom. The minimum absolute atomic E-state index is 0.475. The normalized spacial score (nSPS) is 9.78. The van der Waals surface area contributed by atoms with Gasteiger partial charge in [0, 0.05) is 5.69 Å². The minimum atomic E-state index is 0.475. The molecule has 0 amide bonds. The molecule has 18 heavy (non-hydrogen) atoms. The minimum Gasteiger partial charge on any atom is -0.489 e. The van der Waals surface area contributed by atoms with E-state index in [1.165, 1.54) is 0 Å². The van der Waals surface area contributed by atoms with E-state index in [2.05, 4.69) is 6.07 Å². The van der Waals surface area contributed by atoms with Gasteiger partial charge in [-0.15, -0.1) is 0 Å². The van der Waals surface area contributed by atoms with Crippen molar-refractivity contribution in [2.75, 3.05) is 5.73 Å². The summed E-state index contributed by atoms with van der Waals surface area (Å²) in [5, 5.41) is 8.70.